The lowest BCUT2D eigenvalue weighted by Gasteiger charge is -2.25. The van der Waals surface area contributed by atoms with Gasteiger partial charge >= 0.3 is 0 Å². The Kier molecular flexibility index (Phi) is 4.30. The average molecular weight is 179 g/mol. The van der Waals surface area contributed by atoms with Crippen molar-refractivity contribution in [2.24, 2.45) is 0 Å². The van der Waals surface area contributed by atoms with Gasteiger partial charge in [0.05, 0.1) is 0 Å². The first-order chi connectivity index (χ1) is 6.34. The molecule has 1 amide bonds. The molecule has 0 aromatic carbocycles. The molecule has 1 saturated heterocycles. The number of nitrogens with zero attached hydrogens (tertiary/aromatic N) is 1. The van der Waals surface area contributed by atoms with Gasteiger partial charge in [0.1, 0.15) is 0 Å². The Morgan fingerprint density at radius 3 is 2.46 bits per heavy atom. The van der Waals surface area contributed by atoms with Crippen molar-refractivity contribution in [3.8, 4) is 0 Å². The zero-order valence-corrected chi connectivity index (χ0v) is 8.20. The molecule has 2 nitrogen and oxygen atoms in total. The van der Waals surface area contributed by atoms with Crippen molar-refractivity contribution in [2.45, 2.75) is 26.2 Å². The zero-order chi connectivity index (χ0) is 9.52. The molecule has 0 aromatic heterocycles. The first-order valence-electron chi connectivity index (χ1n) is 4.93. The SMILES string of the molecule is C/C=C/C=C/C(=O)N1CCCCC1. The van der Waals surface area contributed by atoms with Crippen LogP contribution in [0.2, 0.25) is 0 Å². The minimum atomic E-state index is 0.151. The Hall–Kier alpha value is -1.05. The van der Waals surface area contributed by atoms with E-state index in [1.165, 1.54) is 6.42 Å². The van der Waals surface area contributed by atoms with Gasteiger partial charge in [0, 0.05) is 19.2 Å². The molecule has 0 aliphatic carbocycles. The number of hydrogen-bond acceptors (Lipinski definition) is 1. The third-order valence-electron chi connectivity index (χ3n) is 2.21. The topological polar surface area (TPSA) is 20.3 Å². The second kappa shape index (κ2) is 5.57. The number of amides is 1. The summed E-state index contributed by atoms with van der Waals surface area (Å²) in [6, 6.07) is 0. The van der Waals surface area contributed by atoms with Gasteiger partial charge in [-0.1, -0.05) is 18.2 Å². The molecule has 0 unspecified atom stereocenters. The van der Waals surface area contributed by atoms with Gasteiger partial charge in [-0.25, -0.2) is 0 Å². The number of carbonyl (C=O) groups is 1. The van der Waals surface area contributed by atoms with Crippen molar-refractivity contribution in [3.63, 3.8) is 0 Å². The van der Waals surface area contributed by atoms with E-state index in [0.29, 0.717) is 0 Å². The van der Waals surface area contributed by atoms with Gasteiger partial charge in [-0.05, 0) is 26.2 Å². The van der Waals surface area contributed by atoms with Crippen LogP contribution in [0.15, 0.2) is 24.3 Å². The largest absolute Gasteiger partial charge is 0.339 e. The molecular formula is C11H17NO. The molecule has 1 aliphatic heterocycles. The minimum absolute atomic E-state index is 0.151. The molecule has 0 saturated carbocycles. The van der Waals surface area contributed by atoms with Crippen LogP contribution in [-0.4, -0.2) is 23.9 Å². The summed E-state index contributed by atoms with van der Waals surface area (Å²) >= 11 is 0. The zero-order valence-electron chi connectivity index (χ0n) is 8.20. The van der Waals surface area contributed by atoms with E-state index in [9.17, 15) is 4.79 Å². The van der Waals surface area contributed by atoms with E-state index in [1.807, 2.05) is 24.0 Å². The van der Waals surface area contributed by atoms with Crippen LogP contribution in [0.5, 0.6) is 0 Å². The Balaban J connectivity index is 2.37. The highest BCUT2D eigenvalue weighted by Crippen LogP contribution is 2.08. The highest BCUT2D eigenvalue weighted by Gasteiger charge is 2.12. The molecule has 0 spiro atoms. The van der Waals surface area contributed by atoms with Gasteiger partial charge in [-0.3, -0.25) is 4.79 Å². The fourth-order valence-electron chi connectivity index (χ4n) is 1.47. The van der Waals surface area contributed by atoms with Gasteiger partial charge in [0.25, 0.3) is 0 Å². The summed E-state index contributed by atoms with van der Waals surface area (Å²) in [7, 11) is 0. The summed E-state index contributed by atoms with van der Waals surface area (Å²) in [5, 5.41) is 0. The van der Waals surface area contributed by atoms with Crippen molar-refractivity contribution in [3.05, 3.63) is 24.3 Å². The van der Waals surface area contributed by atoms with Crippen LogP contribution in [0.4, 0.5) is 0 Å². The third kappa shape index (κ3) is 3.45. The summed E-state index contributed by atoms with van der Waals surface area (Å²) in [6.07, 6.45) is 10.8. The number of allylic oxidation sites excluding steroid dienone is 3. The van der Waals surface area contributed by atoms with Gasteiger partial charge in [0.2, 0.25) is 5.91 Å². The first kappa shape index (κ1) is 10.0. The lowest BCUT2D eigenvalue weighted by Crippen LogP contribution is -2.34. The Labute approximate surface area is 79.9 Å². The third-order valence-corrected chi connectivity index (χ3v) is 2.21. The van der Waals surface area contributed by atoms with Crippen molar-refractivity contribution < 1.29 is 4.79 Å². The molecular weight excluding hydrogens is 162 g/mol. The molecule has 0 radical (unpaired) electrons. The molecule has 0 atom stereocenters. The average Bonchev–Trinajstić information content (AvgIpc) is 2.19. The van der Waals surface area contributed by atoms with E-state index in [-0.39, 0.29) is 5.91 Å². The fraction of sp³-hybridized carbons (Fsp3) is 0.545. The van der Waals surface area contributed by atoms with Crippen LogP contribution in [0.1, 0.15) is 26.2 Å². The van der Waals surface area contributed by atoms with Gasteiger partial charge in [-0.15, -0.1) is 0 Å². The van der Waals surface area contributed by atoms with E-state index in [2.05, 4.69) is 0 Å². The molecule has 72 valence electrons. The summed E-state index contributed by atoms with van der Waals surface area (Å²) < 4.78 is 0. The molecule has 1 rings (SSSR count). The molecule has 0 aromatic rings. The molecule has 1 fully saturated rings. The number of piperidine rings is 1. The van der Waals surface area contributed by atoms with E-state index >= 15 is 0 Å². The maximum Gasteiger partial charge on any atom is 0.246 e. The highest BCUT2D eigenvalue weighted by molar-refractivity contribution is 5.87. The predicted octanol–water partition coefficient (Wildman–Crippen LogP) is 2.13. The molecule has 13 heavy (non-hydrogen) atoms. The fourth-order valence-corrected chi connectivity index (χ4v) is 1.47. The number of hydrogen-bond donors (Lipinski definition) is 0. The standard InChI is InChI=1S/C11H17NO/c1-2-3-5-8-11(13)12-9-6-4-7-10-12/h2-3,5,8H,4,6-7,9-10H2,1H3/b3-2+,8-5+. The van der Waals surface area contributed by atoms with Crippen molar-refractivity contribution in [1.29, 1.82) is 0 Å². The van der Waals surface area contributed by atoms with E-state index in [1.54, 1.807) is 12.2 Å². The van der Waals surface area contributed by atoms with Crippen molar-refractivity contribution in [1.82, 2.24) is 4.90 Å². The second-order valence-electron chi connectivity index (χ2n) is 3.27. The van der Waals surface area contributed by atoms with Crippen LogP contribution >= 0.6 is 0 Å². The summed E-state index contributed by atoms with van der Waals surface area (Å²) in [4.78, 5) is 13.4. The van der Waals surface area contributed by atoms with Gasteiger partial charge in [0.15, 0.2) is 0 Å². The van der Waals surface area contributed by atoms with Crippen molar-refractivity contribution >= 4 is 5.91 Å². The Morgan fingerprint density at radius 2 is 1.85 bits per heavy atom. The normalized spacial score (nSPS) is 18.7. The Morgan fingerprint density at radius 1 is 1.15 bits per heavy atom. The van der Waals surface area contributed by atoms with Crippen LogP contribution in [-0.2, 0) is 4.79 Å². The van der Waals surface area contributed by atoms with Crippen LogP contribution in [0.3, 0.4) is 0 Å². The molecule has 1 heterocycles. The van der Waals surface area contributed by atoms with Gasteiger partial charge < -0.3 is 4.90 Å². The van der Waals surface area contributed by atoms with Crippen molar-refractivity contribution in [2.75, 3.05) is 13.1 Å². The van der Waals surface area contributed by atoms with Crippen LogP contribution < -0.4 is 0 Å². The maximum absolute atomic E-state index is 11.5. The monoisotopic (exact) mass is 179 g/mol. The highest BCUT2D eigenvalue weighted by atomic mass is 16.2. The van der Waals surface area contributed by atoms with Crippen LogP contribution in [0.25, 0.3) is 0 Å². The van der Waals surface area contributed by atoms with E-state index < -0.39 is 0 Å². The quantitative estimate of drug-likeness (QED) is 0.469. The smallest absolute Gasteiger partial charge is 0.246 e. The summed E-state index contributed by atoms with van der Waals surface area (Å²) in [5.74, 6) is 0.151. The van der Waals surface area contributed by atoms with Crippen LogP contribution in [0, 0.1) is 0 Å². The second-order valence-corrected chi connectivity index (χ2v) is 3.27. The van der Waals surface area contributed by atoms with Gasteiger partial charge in [-0.2, -0.15) is 0 Å². The molecule has 1 aliphatic rings. The first-order valence-corrected chi connectivity index (χ1v) is 4.93. The minimum Gasteiger partial charge on any atom is -0.339 e. The molecule has 0 N–H and O–H groups in total. The maximum atomic E-state index is 11.5. The molecule has 2 heteroatoms. The Bertz CT molecular complexity index is 212. The number of likely N-dealkylation sites (tertiary alicyclic amines) is 1. The van der Waals surface area contributed by atoms with E-state index in [0.717, 1.165) is 25.9 Å². The number of carbonyl (C=O) groups excluding carboxylic acids is 1. The summed E-state index contributed by atoms with van der Waals surface area (Å²) in [5.41, 5.74) is 0. The predicted molar refractivity (Wildman–Crippen MR) is 54.4 cm³/mol. The van der Waals surface area contributed by atoms with E-state index in [4.69, 9.17) is 0 Å². The lowest BCUT2D eigenvalue weighted by molar-refractivity contribution is -0.126. The summed E-state index contributed by atoms with van der Waals surface area (Å²) in [6.45, 7) is 3.80. The molecule has 0 bridgehead atoms. The number of rotatable bonds is 2. The lowest BCUT2D eigenvalue weighted by atomic mass is 10.1.